The van der Waals surface area contributed by atoms with Crippen molar-refractivity contribution in [3.8, 4) is 0 Å². The van der Waals surface area contributed by atoms with Gasteiger partial charge in [-0.2, -0.15) is 4.98 Å². The SMILES string of the molecule is CC(C)OC(=O)OCC(COC(=O)OC(C)C)(OC1(Cn2cnc3c(Sc4ccc([N+](=O)[O-])cc4)nc(N)nc32)CC1C)P(=O)(O)O. The average molecular weight is 699 g/mol. The summed E-state index contributed by atoms with van der Waals surface area (Å²) in [6, 6.07) is 5.81. The van der Waals surface area contributed by atoms with Gasteiger partial charge in [0.2, 0.25) is 11.3 Å². The molecule has 0 saturated heterocycles. The third-order valence-corrected chi connectivity index (χ3v) is 9.36. The first kappa shape index (κ1) is 35.8. The zero-order valence-electron chi connectivity index (χ0n) is 26.1. The van der Waals surface area contributed by atoms with Crippen LogP contribution in [0.1, 0.15) is 41.0 Å². The first-order valence-electron chi connectivity index (χ1n) is 14.3. The van der Waals surface area contributed by atoms with Crippen LogP contribution in [0.2, 0.25) is 0 Å². The number of benzene rings is 1. The number of nitro groups is 1. The minimum Gasteiger partial charge on any atom is -0.432 e. The number of rotatable bonds is 14. The van der Waals surface area contributed by atoms with Crippen molar-refractivity contribution in [2.75, 3.05) is 18.9 Å². The first-order valence-corrected chi connectivity index (χ1v) is 16.7. The van der Waals surface area contributed by atoms with Crippen LogP contribution in [0.3, 0.4) is 0 Å². The number of carbonyl (C=O) groups is 2. The molecule has 1 fully saturated rings. The molecule has 2 heterocycles. The van der Waals surface area contributed by atoms with Gasteiger partial charge in [0.05, 0.1) is 35.6 Å². The lowest BCUT2D eigenvalue weighted by molar-refractivity contribution is -0.384. The standard InChI is InChI=1S/C27H35N6O12PS/c1-15(2)43-24(34)41-12-27(46(38,39)40,13-42-25(35)44-16(3)4)45-26(10-17(26)5)11-32-14-29-20-21(32)30-23(28)31-22(20)47-19-8-6-18(7-9-19)33(36)37/h6-9,14-17H,10-13H2,1-5H3,(H2,28,30,31)(H2,38,39,40). The van der Waals surface area contributed by atoms with Crippen molar-refractivity contribution in [1.82, 2.24) is 19.5 Å². The molecule has 1 saturated carbocycles. The van der Waals surface area contributed by atoms with E-state index in [-0.39, 0.29) is 29.7 Å². The number of nitro benzene ring substituents is 1. The Balaban J connectivity index is 1.66. The lowest BCUT2D eigenvalue weighted by Crippen LogP contribution is -2.48. The van der Waals surface area contributed by atoms with Gasteiger partial charge in [-0.3, -0.25) is 14.7 Å². The Morgan fingerprint density at radius 2 is 1.68 bits per heavy atom. The zero-order chi connectivity index (χ0) is 34.7. The number of ether oxygens (including phenoxy) is 5. The lowest BCUT2D eigenvalue weighted by atomic mass is 10.2. The highest BCUT2D eigenvalue weighted by Gasteiger charge is 2.63. The highest BCUT2D eigenvalue weighted by molar-refractivity contribution is 7.99. The molecular formula is C27H35N6O12PS. The van der Waals surface area contributed by atoms with Crippen LogP contribution in [0.5, 0.6) is 0 Å². The van der Waals surface area contributed by atoms with Crippen LogP contribution < -0.4 is 5.73 Å². The fourth-order valence-electron chi connectivity index (χ4n) is 4.51. The molecule has 1 aromatic carbocycles. The van der Waals surface area contributed by atoms with E-state index in [2.05, 4.69) is 15.0 Å². The molecule has 20 heteroatoms. The van der Waals surface area contributed by atoms with Gasteiger partial charge in [-0.05, 0) is 52.2 Å². The van der Waals surface area contributed by atoms with Crippen LogP contribution in [0.25, 0.3) is 11.2 Å². The number of anilines is 1. The molecule has 1 aliphatic carbocycles. The van der Waals surface area contributed by atoms with E-state index in [1.807, 2.05) is 0 Å². The topological polar surface area (TPSA) is 251 Å². The van der Waals surface area contributed by atoms with Gasteiger partial charge in [0.15, 0.2) is 5.65 Å². The second kappa shape index (κ2) is 14.0. The maximum absolute atomic E-state index is 13.1. The normalized spacial score (nSPS) is 17.9. The van der Waals surface area contributed by atoms with Crippen LogP contribution in [0.15, 0.2) is 40.5 Å². The van der Waals surface area contributed by atoms with Crippen LogP contribution in [0.4, 0.5) is 21.2 Å². The second-order valence-corrected chi connectivity index (χ2v) is 14.4. The van der Waals surface area contributed by atoms with E-state index in [0.717, 1.165) is 11.8 Å². The predicted octanol–water partition coefficient (Wildman–Crippen LogP) is 4.26. The summed E-state index contributed by atoms with van der Waals surface area (Å²) in [5, 5.41) is 8.74. The summed E-state index contributed by atoms with van der Waals surface area (Å²) in [5.41, 5.74) is 5.28. The van der Waals surface area contributed by atoms with Gasteiger partial charge in [-0.25, -0.2) is 19.6 Å². The molecule has 0 spiro atoms. The Morgan fingerprint density at radius 1 is 1.13 bits per heavy atom. The molecule has 4 N–H and O–H groups in total. The third-order valence-electron chi connectivity index (χ3n) is 6.96. The number of nitrogens with two attached hydrogens (primary N) is 1. The summed E-state index contributed by atoms with van der Waals surface area (Å²) in [5.74, 6) is -0.384. The van der Waals surface area contributed by atoms with Gasteiger partial charge in [0.25, 0.3) is 5.69 Å². The van der Waals surface area contributed by atoms with Gasteiger partial charge in [-0.15, -0.1) is 0 Å². The van der Waals surface area contributed by atoms with Gasteiger partial charge >= 0.3 is 19.9 Å². The zero-order valence-corrected chi connectivity index (χ0v) is 27.8. The van der Waals surface area contributed by atoms with Crippen molar-refractivity contribution in [2.45, 2.75) is 80.7 Å². The molecular weight excluding hydrogens is 663 g/mol. The van der Waals surface area contributed by atoms with Gasteiger partial charge in [0.1, 0.15) is 23.8 Å². The molecule has 0 amide bonds. The number of imidazole rings is 1. The van der Waals surface area contributed by atoms with Crippen LogP contribution in [0, 0.1) is 16.0 Å². The highest BCUT2D eigenvalue weighted by atomic mass is 32.2. The fraction of sp³-hybridized carbons (Fsp3) is 0.519. The molecule has 2 atom stereocenters. The Hall–Kier alpha value is -4.03. The second-order valence-electron chi connectivity index (χ2n) is 11.5. The van der Waals surface area contributed by atoms with E-state index in [1.165, 1.54) is 18.5 Å². The van der Waals surface area contributed by atoms with Gasteiger partial charge in [-0.1, -0.05) is 18.7 Å². The van der Waals surface area contributed by atoms with E-state index in [1.54, 1.807) is 51.3 Å². The maximum atomic E-state index is 13.1. The number of carbonyl (C=O) groups excluding carboxylic acids is 2. The van der Waals surface area contributed by atoms with Gasteiger partial charge in [0, 0.05) is 17.0 Å². The van der Waals surface area contributed by atoms with Crippen molar-refractivity contribution in [1.29, 1.82) is 0 Å². The summed E-state index contributed by atoms with van der Waals surface area (Å²) in [7, 11) is -5.38. The van der Waals surface area contributed by atoms with Crippen LogP contribution >= 0.6 is 19.4 Å². The van der Waals surface area contributed by atoms with Crippen LogP contribution in [-0.2, 0) is 34.8 Å². The number of nitrogen functional groups attached to an aromatic ring is 1. The van der Waals surface area contributed by atoms with Crippen molar-refractivity contribution in [2.24, 2.45) is 5.92 Å². The Kier molecular flexibility index (Phi) is 10.7. The highest BCUT2D eigenvalue weighted by Crippen LogP contribution is 2.59. The van der Waals surface area contributed by atoms with E-state index in [4.69, 9.17) is 29.4 Å². The number of fused-ring (bicyclic) bond motifs is 1. The lowest BCUT2D eigenvalue weighted by Gasteiger charge is -2.37. The Labute approximate surface area is 272 Å². The molecule has 4 rings (SSSR count). The summed E-state index contributed by atoms with van der Waals surface area (Å²) in [4.78, 5) is 69.8. The average Bonchev–Trinajstić information content (AvgIpc) is 3.39. The number of nitrogens with zero attached hydrogens (tertiary/aromatic N) is 5. The van der Waals surface area contributed by atoms with Crippen molar-refractivity contribution < 1.29 is 52.5 Å². The fourth-order valence-corrected chi connectivity index (χ4v) is 6.16. The van der Waals surface area contributed by atoms with E-state index < -0.39 is 61.2 Å². The minimum absolute atomic E-state index is 0.0443. The monoisotopic (exact) mass is 698 g/mol. The summed E-state index contributed by atoms with van der Waals surface area (Å²) in [6.45, 7) is 5.91. The van der Waals surface area contributed by atoms with E-state index in [0.29, 0.717) is 21.9 Å². The number of aromatic nitrogens is 4. The van der Waals surface area contributed by atoms with Crippen LogP contribution in [-0.4, -0.2) is 82.9 Å². The summed E-state index contributed by atoms with van der Waals surface area (Å²) >= 11 is 1.15. The third kappa shape index (κ3) is 8.66. The maximum Gasteiger partial charge on any atom is 0.508 e. The van der Waals surface area contributed by atoms with Crippen molar-refractivity contribution in [3.05, 3.63) is 40.7 Å². The first-order chi connectivity index (χ1) is 21.9. The Bertz CT molecular complexity index is 1650. The quantitative estimate of drug-likeness (QED) is 0.0699. The molecule has 0 aliphatic heterocycles. The molecule has 0 bridgehead atoms. The minimum atomic E-state index is -5.38. The number of non-ortho nitro benzene ring substituents is 1. The molecule has 18 nitrogen and oxygen atoms in total. The van der Waals surface area contributed by atoms with E-state index >= 15 is 0 Å². The smallest absolute Gasteiger partial charge is 0.432 e. The summed E-state index contributed by atoms with van der Waals surface area (Å²) in [6.07, 6.45) is -1.88. The molecule has 0 radical (unpaired) electrons. The molecule has 2 unspecified atom stereocenters. The van der Waals surface area contributed by atoms with Crippen molar-refractivity contribution in [3.63, 3.8) is 0 Å². The summed E-state index contributed by atoms with van der Waals surface area (Å²) < 4.78 is 40.9. The largest absolute Gasteiger partial charge is 0.508 e. The predicted molar refractivity (Wildman–Crippen MR) is 164 cm³/mol. The Morgan fingerprint density at radius 3 is 2.15 bits per heavy atom. The number of hydrogen-bond acceptors (Lipinski definition) is 15. The molecule has 3 aromatic rings. The molecule has 1 aliphatic rings. The number of hydrogen-bond donors (Lipinski definition) is 3. The van der Waals surface area contributed by atoms with E-state index in [9.17, 15) is 34.1 Å². The molecule has 2 aromatic heterocycles. The molecule has 256 valence electrons. The van der Waals surface area contributed by atoms with Crippen molar-refractivity contribution >= 4 is 54.5 Å². The molecule has 47 heavy (non-hydrogen) atoms. The van der Waals surface area contributed by atoms with Gasteiger partial charge < -0.3 is 43.8 Å².